The Labute approximate surface area is 123 Å². The molecule has 0 aromatic heterocycles. The molecule has 0 unspecified atom stereocenters. The molecule has 21 heavy (non-hydrogen) atoms. The van der Waals surface area contributed by atoms with Crippen LogP contribution in [0, 0.1) is 0 Å². The van der Waals surface area contributed by atoms with Crippen molar-refractivity contribution in [1.82, 2.24) is 10.6 Å². The molecule has 0 saturated heterocycles. The van der Waals surface area contributed by atoms with Gasteiger partial charge in [-0.05, 0) is 24.1 Å². The van der Waals surface area contributed by atoms with Gasteiger partial charge in [-0.1, -0.05) is 24.8 Å². The molecule has 2 amide bonds. The lowest BCUT2D eigenvalue weighted by Gasteiger charge is -2.08. The first-order chi connectivity index (χ1) is 10.1. The first-order valence-corrected chi connectivity index (χ1v) is 6.68. The molecule has 0 fully saturated rings. The molecule has 0 radical (unpaired) electrons. The number of carboxylic acids is 1. The molecular weight excluding hydrogens is 272 g/mol. The third kappa shape index (κ3) is 7.61. The molecule has 0 aliphatic heterocycles. The third-order valence-corrected chi connectivity index (χ3v) is 2.60. The highest BCUT2D eigenvalue weighted by molar-refractivity contribution is 5.73. The van der Waals surface area contributed by atoms with Gasteiger partial charge in [0.2, 0.25) is 0 Å². The summed E-state index contributed by atoms with van der Waals surface area (Å²) >= 11 is 0. The van der Waals surface area contributed by atoms with E-state index in [1.807, 2.05) is 24.3 Å². The molecule has 1 aromatic carbocycles. The van der Waals surface area contributed by atoms with E-state index in [1.165, 1.54) is 0 Å². The van der Waals surface area contributed by atoms with Crippen LogP contribution in [0.15, 0.2) is 36.9 Å². The van der Waals surface area contributed by atoms with Crippen molar-refractivity contribution in [2.75, 3.05) is 13.2 Å². The van der Waals surface area contributed by atoms with Crippen molar-refractivity contribution >= 4 is 12.0 Å². The average molecular weight is 292 g/mol. The van der Waals surface area contributed by atoms with Crippen molar-refractivity contribution in [2.45, 2.75) is 19.4 Å². The lowest BCUT2D eigenvalue weighted by molar-refractivity contribution is -0.137. The molecule has 1 rings (SSSR count). The molecule has 6 heteroatoms. The van der Waals surface area contributed by atoms with Gasteiger partial charge in [-0.3, -0.25) is 4.79 Å². The molecule has 0 bridgehead atoms. The number of carbonyl (C=O) groups is 2. The van der Waals surface area contributed by atoms with Crippen LogP contribution in [0.5, 0.6) is 5.75 Å². The van der Waals surface area contributed by atoms with Gasteiger partial charge in [-0.15, -0.1) is 0 Å². The number of ether oxygens (including phenoxy) is 1. The summed E-state index contributed by atoms with van der Waals surface area (Å²) < 4.78 is 5.35. The third-order valence-electron chi connectivity index (χ3n) is 2.60. The van der Waals surface area contributed by atoms with Gasteiger partial charge in [-0.2, -0.15) is 0 Å². The smallest absolute Gasteiger partial charge is 0.315 e. The van der Waals surface area contributed by atoms with Gasteiger partial charge in [0.15, 0.2) is 0 Å². The number of aliphatic carboxylic acids is 1. The van der Waals surface area contributed by atoms with Crippen molar-refractivity contribution in [1.29, 1.82) is 0 Å². The highest BCUT2D eigenvalue weighted by Gasteiger charge is 2.02. The Morgan fingerprint density at radius 1 is 1.24 bits per heavy atom. The summed E-state index contributed by atoms with van der Waals surface area (Å²) in [6.45, 7) is 4.76. The number of hydrogen-bond donors (Lipinski definition) is 3. The fourth-order valence-corrected chi connectivity index (χ4v) is 1.55. The first kappa shape index (κ1) is 16.6. The summed E-state index contributed by atoms with van der Waals surface area (Å²) in [5.74, 6) is -0.118. The summed E-state index contributed by atoms with van der Waals surface area (Å²) in [6, 6.07) is 7.07. The normalized spacial score (nSPS) is 9.71. The highest BCUT2D eigenvalue weighted by Crippen LogP contribution is 2.11. The Morgan fingerprint density at radius 2 is 1.95 bits per heavy atom. The van der Waals surface area contributed by atoms with Gasteiger partial charge < -0.3 is 20.5 Å². The molecule has 6 nitrogen and oxygen atoms in total. The van der Waals surface area contributed by atoms with Crippen LogP contribution >= 0.6 is 0 Å². The summed E-state index contributed by atoms with van der Waals surface area (Å²) in [6.07, 6.45) is 2.13. The topological polar surface area (TPSA) is 87.7 Å². The second-order valence-corrected chi connectivity index (χ2v) is 4.35. The van der Waals surface area contributed by atoms with E-state index in [2.05, 4.69) is 17.2 Å². The Hall–Kier alpha value is -2.50. The molecule has 0 heterocycles. The zero-order valence-electron chi connectivity index (χ0n) is 11.8. The molecule has 114 valence electrons. The van der Waals surface area contributed by atoms with Crippen LogP contribution < -0.4 is 15.4 Å². The molecule has 3 N–H and O–H groups in total. The SMILES string of the molecule is C=CCOc1ccc(CNC(=O)NCCCC(=O)O)cc1. The van der Waals surface area contributed by atoms with Crippen LogP contribution in [0.4, 0.5) is 4.79 Å². The van der Waals surface area contributed by atoms with Crippen molar-refractivity contribution < 1.29 is 19.4 Å². The van der Waals surface area contributed by atoms with Gasteiger partial charge in [0, 0.05) is 19.5 Å². The van der Waals surface area contributed by atoms with Gasteiger partial charge in [0.05, 0.1) is 0 Å². The van der Waals surface area contributed by atoms with Crippen molar-refractivity contribution in [3.05, 3.63) is 42.5 Å². The van der Waals surface area contributed by atoms with E-state index in [4.69, 9.17) is 9.84 Å². The highest BCUT2D eigenvalue weighted by atomic mass is 16.5. The lowest BCUT2D eigenvalue weighted by Crippen LogP contribution is -2.35. The number of urea groups is 1. The number of rotatable bonds is 9. The van der Waals surface area contributed by atoms with Crippen LogP contribution in [0.25, 0.3) is 0 Å². The number of carboxylic acid groups (broad SMARTS) is 1. The standard InChI is InChI=1S/C15H20N2O4/c1-2-10-21-13-7-5-12(6-8-13)11-17-15(20)16-9-3-4-14(18)19/h2,5-8H,1,3-4,9-11H2,(H,18,19)(H2,16,17,20). The van der Waals surface area contributed by atoms with Crippen LogP contribution in [-0.2, 0) is 11.3 Å². The van der Waals surface area contributed by atoms with E-state index in [1.54, 1.807) is 6.08 Å². The van der Waals surface area contributed by atoms with Gasteiger partial charge in [-0.25, -0.2) is 4.79 Å². The van der Waals surface area contributed by atoms with E-state index in [0.29, 0.717) is 26.1 Å². The predicted molar refractivity (Wildman–Crippen MR) is 79.2 cm³/mol. The van der Waals surface area contributed by atoms with E-state index in [9.17, 15) is 9.59 Å². The fourth-order valence-electron chi connectivity index (χ4n) is 1.55. The van der Waals surface area contributed by atoms with Gasteiger partial charge in [0.25, 0.3) is 0 Å². The number of nitrogens with one attached hydrogen (secondary N) is 2. The van der Waals surface area contributed by atoms with Gasteiger partial charge >= 0.3 is 12.0 Å². The quantitative estimate of drug-likeness (QED) is 0.479. The van der Waals surface area contributed by atoms with Crippen LogP contribution in [0.1, 0.15) is 18.4 Å². The fraction of sp³-hybridized carbons (Fsp3) is 0.333. The molecule has 0 atom stereocenters. The zero-order chi connectivity index (χ0) is 15.5. The number of benzene rings is 1. The summed E-state index contributed by atoms with van der Waals surface area (Å²) in [5, 5.41) is 13.8. The molecule has 0 saturated carbocycles. The minimum Gasteiger partial charge on any atom is -0.490 e. The van der Waals surface area contributed by atoms with Crippen LogP contribution in [-0.4, -0.2) is 30.3 Å². The maximum Gasteiger partial charge on any atom is 0.315 e. The largest absolute Gasteiger partial charge is 0.490 e. The molecule has 1 aromatic rings. The maximum absolute atomic E-state index is 11.5. The monoisotopic (exact) mass is 292 g/mol. The molecular formula is C15H20N2O4. The second kappa shape index (κ2) is 9.41. The van der Waals surface area contributed by atoms with E-state index < -0.39 is 5.97 Å². The Morgan fingerprint density at radius 3 is 2.57 bits per heavy atom. The van der Waals surface area contributed by atoms with Crippen LogP contribution in [0.3, 0.4) is 0 Å². The minimum atomic E-state index is -0.865. The Kier molecular flexibility index (Phi) is 7.42. The number of hydrogen-bond acceptors (Lipinski definition) is 3. The lowest BCUT2D eigenvalue weighted by atomic mass is 10.2. The first-order valence-electron chi connectivity index (χ1n) is 6.68. The van der Waals surface area contributed by atoms with Crippen molar-refractivity contribution in [2.24, 2.45) is 0 Å². The zero-order valence-corrected chi connectivity index (χ0v) is 11.8. The minimum absolute atomic E-state index is 0.0481. The molecule has 0 aliphatic rings. The maximum atomic E-state index is 11.5. The van der Waals surface area contributed by atoms with E-state index in [-0.39, 0.29) is 12.5 Å². The molecule has 0 spiro atoms. The van der Waals surface area contributed by atoms with Crippen LogP contribution in [0.2, 0.25) is 0 Å². The Bertz CT molecular complexity index is 471. The number of carbonyl (C=O) groups excluding carboxylic acids is 1. The van der Waals surface area contributed by atoms with Crippen molar-refractivity contribution in [3.63, 3.8) is 0 Å². The number of amides is 2. The van der Waals surface area contributed by atoms with Crippen molar-refractivity contribution in [3.8, 4) is 5.75 Å². The van der Waals surface area contributed by atoms with E-state index in [0.717, 1.165) is 11.3 Å². The Balaban J connectivity index is 2.23. The second-order valence-electron chi connectivity index (χ2n) is 4.35. The van der Waals surface area contributed by atoms with E-state index >= 15 is 0 Å². The summed E-state index contributed by atoms with van der Waals surface area (Å²) in [4.78, 5) is 21.8. The molecule has 0 aliphatic carbocycles. The predicted octanol–water partition coefficient (Wildman–Crippen LogP) is 1.92. The van der Waals surface area contributed by atoms with Gasteiger partial charge in [0.1, 0.15) is 12.4 Å². The summed E-state index contributed by atoms with van der Waals surface area (Å²) in [7, 11) is 0. The average Bonchev–Trinajstić information content (AvgIpc) is 2.48. The summed E-state index contributed by atoms with van der Waals surface area (Å²) in [5.41, 5.74) is 0.946.